The molecule has 0 aliphatic heterocycles. The van der Waals surface area contributed by atoms with Gasteiger partial charge in [0.1, 0.15) is 5.82 Å². The van der Waals surface area contributed by atoms with E-state index in [0.717, 1.165) is 4.90 Å². The number of benzene rings is 1. The van der Waals surface area contributed by atoms with Gasteiger partial charge in [0.25, 0.3) is 0 Å². The van der Waals surface area contributed by atoms with Gasteiger partial charge in [-0.05, 0) is 18.2 Å². The van der Waals surface area contributed by atoms with Crippen LogP contribution in [-0.4, -0.2) is 34.5 Å². The summed E-state index contributed by atoms with van der Waals surface area (Å²) in [4.78, 5) is 15.0. The topological polar surface area (TPSA) is 88.6 Å². The molecule has 0 radical (unpaired) electrons. The van der Waals surface area contributed by atoms with Gasteiger partial charge in [0.2, 0.25) is 0 Å². The number of carbonyl (C=O) groups is 1. The number of nitrogens with zero attached hydrogens (tertiary/aromatic N) is 1. The monoisotopic (exact) mass is 253 g/mol. The number of hydrogen-bond donors (Lipinski definition) is 4. The normalized spacial score (nSPS) is 10.8. The van der Waals surface area contributed by atoms with E-state index in [-0.39, 0.29) is 13.1 Å². The van der Waals surface area contributed by atoms with Crippen molar-refractivity contribution >= 4 is 22.7 Å². The Hall–Kier alpha value is -2.12. The van der Waals surface area contributed by atoms with E-state index in [1.807, 2.05) is 5.48 Å². The summed E-state index contributed by atoms with van der Waals surface area (Å²) in [5, 5.41) is 18.2. The molecule has 6 nitrogen and oxygen atoms in total. The highest BCUT2D eigenvalue weighted by Crippen LogP contribution is 2.27. The van der Waals surface area contributed by atoms with Crippen molar-refractivity contribution in [1.29, 1.82) is 0 Å². The molecule has 7 heteroatoms. The summed E-state index contributed by atoms with van der Waals surface area (Å²) < 4.78 is 13.0. The number of fused-ring (bicyclic) bond motifs is 1. The van der Waals surface area contributed by atoms with Gasteiger partial charge in [0.05, 0.1) is 11.2 Å². The maximum absolute atomic E-state index is 13.0. The van der Waals surface area contributed by atoms with Crippen LogP contribution in [0.4, 0.5) is 14.9 Å². The molecule has 0 atom stereocenters. The third-order valence-corrected chi connectivity index (χ3v) is 2.59. The smallest absolute Gasteiger partial charge is 0.411 e. The first kappa shape index (κ1) is 12.3. The second kappa shape index (κ2) is 5.03. The second-order valence-electron chi connectivity index (χ2n) is 3.71. The minimum atomic E-state index is -1.14. The minimum Gasteiger partial charge on any atom is -0.465 e. The first-order valence-electron chi connectivity index (χ1n) is 5.27. The third kappa shape index (κ3) is 2.27. The van der Waals surface area contributed by atoms with Crippen LogP contribution < -0.4 is 10.4 Å². The summed E-state index contributed by atoms with van der Waals surface area (Å²) in [6.07, 6.45) is 0.353. The lowest BCUT2D eigenvalue weighted by Crippen LogP contribution is -2.35. The maximum atomic E-state index is 13.0. The van der Waals surface area contributed by atoms with Crippen LogP contribution in [0.1, 0.15) is 0 Å². The predicted molar refractivity (Wildman–Crippen MR) is 63.4 cm³/mol. The zero-order valence-corrected chi connectivity index (χ0v) is 9.35. The molecule has 0 saturated carbocycles. The van der Waals surface area contributed by atoms with Crippen LogP contribution in [0.25, 0.3) is 10.9 Å². The molecular formula is C11H12FN3O3. The summed E-state index contributed by atoms with van der Waals surface area (Å²) >= 11 is 0. The number of aromatic amines is 1. The highest BCUT2D eigenvalue weighted by atomic mass is 19.1. The summed E-state index contributed by atoms with van der Waals surface area (Å²) in [6.45, 7) is 0.177. The molecule has 0 aliphatic rings. The largest absolute Gasteiger partial charge is 0.465 e. The SMILES string of the molecule is O=C(O)N(CCNO)c1c[nH]c2cc(F)ccc12. The van der Waals surface area contributed by atoms with Crippen molar-refractivity contribution in [3.63, 3.8) is 0 Å². The lowest BCUT2D eigenvalue weighted by molar-refractivity contribution is 0.167. The van der Waals surface area contributed by atoms with Crippen LogP contribution in [0.15, 0.2) is 24.4 Å². The van der Waals surface area contributed by atoms with Crippen LogP contribution in [0, 0.1) is 5.82 Å². The van der Waals surface area contributed by atoms with Gasteiger partial charge < -0.3 is 15.3 Å². The van der Waals surface area contributed by atoms with Gasteiger partial charge in [-0.2, -0.15) is 0 Å². The van der Waals surface area contributed by atoms with E-state index in [9.17, 15) is 9.18 Å². The molecule has 1 aromatic heterocycles. The molecule has 0 unspecified atom stereocenters. The number of hydroxylamine groups is 1. The molecule has 1 amide bonds. The van der Waals surface area contributed by atoms with E-state index < -0.39 is 11.9 Å². The number of nitrogens with one attached hydrogen (secondary N) is 2. The van der Waals surface area contributed by atoms with Gasteiger partial charge >= 0.3 is 6.09 Å². The third-order valence-electron chi connectivity index (χ3n) is 2.59. The quantitative estimate of drug-likeness (QED) is 0.625. The van der Waals surface area contributed by atoms with Gasteiger partial charge in [0, 0.05) is 24.7 Å². The van der Waals surface area contributed by atoms with E-state index in [2.05, 4.69) is 4.98 Å². The second-order valence-corrected chi connectivity index (χ2v) is 3.71. The first-order valence-corrected chi connectivity index (χ1v) is 5.27. The van der Waals surface area contributed by atoms with Crippen LogP contribution in [0.5, 0.6) is 0 Å². The molecule has 1 heterocycles. The molecular weight excluding hydrogens is 241 g/mol. The van der Waals surface area contributed by atoms with Crippen molar-refractivity contribution < 1.29 is 19.5 Å². The number of H-pyrrole nitrogens is 1. The fraction of sp³-hybridized carbons (Fsp3) is 0.182. The van der Waals surface area contributed by atoms with Crippen molar-refractivity contribution in [2.75, 3.05) is 18.0 Å². The van der Waals surface area contributed by atoms with Crippen molar-refractivity contribution in [2.24, 2.45) is 0 Å². The molecule has 2 rings (SSSR count). The summed E-state index contributed by atoms with van der Waals surface area (Å²) in [6, 6.07) is 4.08. The van der Waals surface area contributed by atoms with Crippen LogP contribution in [0.3, 0.4) is 0 Å². The summed E-state index contributed by atoms with van der Waals surface area (Å²) in [7, 11) is 0. The Labute approximate surface area is 102 Å². The van der Waals surface area contributed by atoms with Crippen molar-refractivity contribution in [3.8, 4) is 0 Å². The maximum Gasteiger partial charge on any atom is 0.411 e. The number of rotatable bonds is 4. The van der Waals surface area contributed by atoms with Crippen molar-refractivity contribution in [2.45, 2.75) is 0 Å². The lowest BCUT2D eigenvalue weighted by Gasteiger charge is -2.17. The summed E-state index contributed by atoms with van der Waals surface area (Å²) in [5.41, 5.74) is 2.84. The fourth-order valence-electron chi connectivity index (χ4n) is 1.79. The van der Waals surface area contributed by atoms with Gasteiger partial charge in [-0.1, -0.05) is 0 Å². The molecule has 0 aliphatic carbocycles. The van der Waals surface area contributed by atoms with Crippen molar-refractivity contribution in [1.82, 2.24) is 10.5 Å². The Morgan fingerprint density at radius 3 is 2.94 bits per heavy atom. The highest BCUT2D eigenvalue weighted by Gasteiger charge is 2.17. The Balaban J connectivity index is 2.41. The molecule has 4 N–H and O–H groups in total. The zero-order valence-electron chi connectivity index (χ0n) is 9.35. The van der Waals surface area contributed by atoms with Gasteiger partial charge in [-0.3, -0.25) is 4.90 Å². The van der Waals surface area contributed by atoms with Crippen LogP contribution >= 0.6 is 0 Å². The molecule has 18 heavy (non-hydrogen) atoms. The van der Waals surface area contributed by atoms with Crippen LogP contribution in [-0.2, 0) is 0 Å². The molecule has 0 spiro atoms. The van der Waals surface area contributed by atoms with Gasteiger partial charge in [-0.15, -0.1) is 0 Å². The molecule has 1 aromatic carbocycles. The zero-order chi connectivity index (χ0) is 13.1. The molecule has 0 fully saturated rings. The Morgan fingerprint density at radius 1 is 1.50 bits per heavy atom. The lowest BCUT2D eigenvalue weighted by atomic mass is 10.2. The van der Waals surface area contributed by atoms with E-state index in [1.165, 1.54) is 24.4 Å². The van der Waals surface area contributed by atoms with Crippen molar-refractivity contribution in [3.05, 3.63) is 30.2 Å². The standard InChI is InChI=1S/C11H12FN3O3/c12-7-1-2-8-9(5-7)13-6-10(8)15(11(16)17)4-3-14-18/h1-2,5-6,13-14,18H,3-4H2,(H,16,17). The Kier molecular flexibility index (Phi) is 3.45. The van der Waals surface area contributed by atoms with E-state index in [4.69, 9.17) is 10.3 Å². The fourth-order valence-corrected chi connectivity index (χ4v) is 1.79. The first-order chi connectivity index (χ1) is 8.63. The highest BCUT2D eigenvalue weighted by molar-refractivity contribution is 6.00. The number of anilines is 1. The molecule has 2 aromatic rings. The molecule has 0 bridgehead atoms. The number of aromatic nitrogens is 1. The molecule has 0 saturated heterocycles. The summed E-state index contributed by atoms with van der Waals surface area (Å²) in [5.74, 6) is -0.394. The Bertz CT molecular complexity index is 570. The van der Waals surface area contributed by atoms with Gasteiger partial charge in [0.15, 0.2) is 0 Å². The molecule has 96 valence electrons. The van der Waals surface area contributed by atoms with E-state index >= 15 is 0 Å². The average molecular weight is 253 g/mol. The van der Waals surface area contributed by atoms with E-state index in [1.54, 1.807) is 0 Å². The Morgan fingerprint density at radius 2 is 2.28 bits per heavy atom. The predicted octanol–water partition coefficient (Wildman–Crippen LogP) is 1.77. The number of carboxylic acid groups (broad SMARTS) is 1. The number of hydrogen-bond acceptors (Lipinski definition) is 3. The van der Waals surface area contributed by atoms with E-state index in [0.29, 0.717) is 16.6 Å². The number of halogens is 1. The average Bonchev–Trinajstić information content (AvgIpc) is 2.72. The minimum absolute atomic E-state index is 0.0795. The van der Waals surface area contributed by atoms with Gasteiger partial charge in [-0.25, -0.2) is 14.7 Å². The number of amides is 1. The van der Waals surface area contributed by atoms with Crippen LogP contribution in [0.2, 0.25) is 0 Å².